The van der Waals surface area contributed by atoms with E-state index >= 15 is 0 Å². The molecule has 0 bridgehead atoms. The number of hydrogen-bond acceptors (Lipinski definition) is 1. The molecule has 0 aliphatic carbocycles. The summed E-state index contributed by atoms with van der Waals surface area (Å²) < 4.78 is 0. The van der Waals surface area contributed by atoms with E-state index in [4.69, 9.17) is 0 Å². The molecule has 0 radical (unpaired) electrons. The Morgan fingerprint density at radius 1 is 1.50 bits per heavy atom. The van der Waals surface area contributed by atoms with Crippen molar-refractivity contribution in [2.24, 2.45) is 0 Å². The number of allylic oxidation sites excluding steroid dienone is 3. The van der Waals surface area contributed by atoms with Crippen molar-refractivity contribution in [2.75, 3.05) is 6.54 Å². The highest BCUT2D eigenvalue weighted by Crippen LogP contribution is 2.30. The first kappa shape index (κ1) is 10.8. The Morgan fingerprint density at radius 2 is 2.21 bits per heavy atom. The second kappa shape index (κ2) is 4.85. The molecule has 76 valence electrons. The lowest BCUT2D eigenvalue weighted by Gasteiger charge is -2.24. The number of rotatable bonds is 4. The summed E-state index contributed by atoms with van der Waals surface area (Å²) in [6.45, 7) is 13.0. The molecule has 0 aromatic heterocycles. The van der Waals surface area contributed by atoms with Crippen molar-refractivity contribution in [3.8, 4) is 0 Å². The van der Waals surface area contributed by atoms with Gasteiger partial charge in [-0.15, -0.1) is 6.58 Å². The summed E-state index contributed by atoms with van der Waals surface area (Å²) in [7, 11) is 0. The van der Waals surface area contributed by atoms with Crippen LogP contribution in [0, 0.1) is 0 Å². The van der Waals surface area contributed by atoms with E-state index in [9.17, 15) is 0 Å². The predicted octanol–water partition coefficient (Wildman–Crippen LogP) is 3.28. The molecular formula is C13H19N. The average Bonchev–Trinajstić information content (AvgIpc) is 2.55. The maximum Gasteiger partial charge on any atom is 0.0511 e. The van der Waals surface area contributed by atoms with Gasteiger partial charge in [0.25, 0.3) is 0 Å². The molecule has 1 aliphatic rings. The minimum absolute atomic E-state index is 0.444. The summed E-state index contributed by atoms with van der Waals surface area (Å²) in [5.74, 6) is 0. The third-order valence-corrected chi connectivity index (χ3v) is 2.64. The van der Waals surface area contributed by atoms with Crippen LogP contribution in [0.5, 0.6) is 0 Å². The van der Waals surface area contributed by atoms with Gasteiger partial charge in [-0.2, -0.15) is 0 Å². The van der Waals surface area contributed by atoms with E-state index in [-0.39, 0.29) is 0 Å². The van der Waals surface area contributed by atoms with Gasteiger partial charge in [-0.1, -0.05) is 24.8 Å². The van der Waals surface area contributed by atoms with E-state index in [1.165, 1.54) is 11.3 Å². The van der Waals surface area contributed by atoms with Gasteiger partial charge in [0.15, 0.2) is 0 Å². The summed E-state index contributed by atoms with van der Waals surface area (Å²) in [6.07, 6.45) is 9.27. The first-order valence-electron chi connectivity index (χ1n) is 5.15. The molecule has 1 unspecified atom stereocenters. The molecule has 0 amide bonds. The van der Waals surface area contributed by atoms with Crippen LogP contribution in [0.1, 0.15) is 20.3 Å². The van der Waals surface area contributed by atoms with E-state index in [2.05, 4.69) is 37.1 Å². The van der Waals surface area contributed by atoms with E-state index < -0.39 is 0 Å². The van der Waals surface area contributed by atoms with Crippen LogP contribution in [-0.4, -0.2) is 17.5 Å². The van der Waals surface area contributed by atoms with Gasteiger partial charge in [0.2, 0.25) is 0 Å². The van der Waals surface area contributed by atoms with Gasteiger partial charge in [-0.05, 0) is 31.9 Å². The van der Waals surface area contributed by atoms with E-state index in [1.54, 1.807) is 0 Å². The van der Waals surface area contributed by atoms with E-state index in [0.717, 1.165) is 13.0 Å². The van der Waals surface area contributed by atoms with Crippen molar-refractivity contribution >= 4 is 0 Å². The zero-order valence-electron chi connectivity index (χ0n) is 9.16. The third-order valence-electron chi connectivity index (χ3n) is 2.64. The Balaban J connectivity index is 3.00. The lowest BCUT2D eigenvalue weighted by Crippen LogP contribution is -2.27. The molecule has 0 spiro atoms. The van der Waals surface area contributed by atoms with E-state index in [0.29, 0.717) is 6.04 Å². The van der Waals surface area contributed by atoms with Gasteiger partial charge in [0.05, 0.1) is 6.04 Å². The van der Waals surface area contributed by atoms with Crippen molar-refractivity contribution in [1.82, 2.24) is 4.90 Å². The number of likely N-dealkylation sites (N-methyl/N-ethyl adjacent to an activating group) is 1. The summed E-state index contributed by atoms with van der Waals surface area (Å²) in [5, 5.41) is 0. The Labute approximate surface area is 87.1 Å². The molecule has 1 rings (SSSR count). The maximum atomic E-state index is 3.88. The maximum absolute atomic E-state index is 3.88. The first-order valence-corrected chi connectivity index (χ1v) is 5.15. The Morgan fingerprint density at radius 3 is 2.64 bits per heavy atom. The molecular weight excluding hydrogens is 170 g/mol. The van der Waals surface area contributed by atoms with Crippen molar-refractivity contribution in [3.63, 3.8) is 0 Å². The lowest BCUT2D eigenvalue weighted by atomic mass is 10.1. The van der Waals surface area contributed by atoms with Crippen LogP contribution in [0.15, 0.2) is 48.7 Å². The minimum atomic E-state index is 0.444. The van der Waals surface area contributed by atoms with Gasteiger partial charge < -0.3 is 4.90 Å². The first-order chi connectivity index (χ1) is 6.78. The Kier molecular flexibility index (Phi) is 3.75. The monoisotopic (exact) mass is 189 g/mol. The topological polar surface area (TPSA) is 3.24 Å². The fourth-order valence-corrected chi connectivity index (χ4v) is 2.02. The normalized spacial score (nSPS) is 22.1. The average molecular weight is 189 g/mol. The number of hydrogen-bond donors (Lipinski definition) is 0. The molecule has 0 N–H and O–H groups in total. The Hall–Kier alpha value is -1.24. The number of nitrogens with zero attached hydrogens (tertiary/aromatic N) is 1. The molecule has 0 saturated heterocycles. The minimum Gasteiger partial charge on any atom is -0.365 e. The highest BCUT2D eigenvalue weighted by atomic mass is 15.2. The summed E-state index contributed by atoms with van der Waals surface area (Å²) in [4.78, 5) is 2.34. The summed E-state index contributed by atoms with van der Waals surface area (Å²) in [5.41, 5.74) is 2.63. The molecule has 1 aliphatic heterocycles. The molecule has 1 heteroatoms. The van der Waals surface area contributed by atoms with Crippen LogP contribution >= 0.6 is 0 Å². The molecule has 14 heavy (non-hydrogen) atoms. The standard InChI is InChI=1S/C13H19N/c1-5-9-11-10-12(6-2)14(8-4)13(11)7-3/h5-7,9,12H,2-3,8,10H2,1,4H3/b9-5-. The Bertz CT molecular complexity index is 284. The van der Waals surface area contributed by atoms with Gasteiger partial charge in [-0.25, -0.2) is 0 Å². The van der Waals surface area contributed by atoms with Crippen LogP contribution in [0.4, 0.5) is 0 Å². The van der Waals surface area contributed by atoms with Gasteiger partial charge in [0.1, 0.15) is 0 Å². The van der Waals surface area contributed by atoms with Gasteiger partial charge >= 0.3 is 0 Å². The fraction of sp³-hybridized carbons (Fsp3) is 0.385. The fourth-order valence-electron chi connectivity index (χ4n) is 2.02. The highest BCUT2D eigenvalue weighted by molar-refractivity contribution is 5.38. The van der Waals surface area contributed by atoms with Gasteiger partial charge in [0, 0.05) is 12.2 Å². The van der Waals surface area contributed by atoms with Crippen molar-refractivity contribution in [1.29, 1.82) is 0 Å². The highest BCUT2D eigenvalue weighted by Gasteiger charge is 2.25. The van der Waals surface area contributed by atoms with Crippen LogP contribution in [0.2, 0.25) is 0 Å². The van der Waals surface area contributed by atoms with Crippen molar-refractivity contribution in [2.45, 2.75) is 26.3 Å². The van der Waals surface area contributed by atoms with Gasteiger partial charge in [-0.3, -0.25) is 0 Å². The zero-order chi connectivity index (χ0) is 10.6. The smallest absolute Gasteiger partial charge is 0.0511 e. The van der Waals surface area contributed by atoms with Crippen LogP contribution < -0.4 is 0 Å². The van der Waals surface area contributed by atoms with Crippen molar-refractivity contribution < 1.29 is 0 Å². The largest absolute Gasteiger partial charge is 0.365 e. The van der Waals surface area contributed by atoms with E-state index in [1.807, 2.05) is 19.1 Å². The zero-order valence-corrected chi connectivity index (χ0v) is 9.16. The lowest BCUT2D eigenvalue weighted by molar-refractivity contribution is 0.345. The summed E-state index contributed by atoms with van der Waals surface area (Å²) in [6, 6.07) is 0.444. The van der Waals surface area contributed by atoms with Crippen LogP contribution in [0.3, 0.4) is 0 Å². The second-order valence-corrected chi connectivity index (χ2v) is 3.41. The molecule has 1 heterocycles. The second-order valence-electron chi connectivity index (χ2n) is 3.41. The SMILES string of the molecule is C=CC1=C(/C=C\C)CC(C=C)N1CC. The molecule has 0 saturated carbocycles. The molecule has 1 nitrogen and oxygen atoms in total. The summed E-state index contributed by atoms with van der Waals surface area (Å²) >= 11 is 0. The molecule has 0 aromatic rings. The predicted molar refractivity (Wildman–Crippen MR) is 63.0 cm³/mol. The van der Waals surface area contributed by atoms with Crippen LogP contribution in [0.25, 0.3) is 0 Å². The molecule has 0 aromatic carbocycles. The quantitative estimate of drug-likeness (QED) is 0.613. The molecule has 1 atom stereocenters. The van der Waals surface area contributed by atoms with Crippen molar-refractivity contribution in [3.05, 3.63) is 48.7 Å². The third kappa shape index (κ3) is 1.82. The molecule has 0 fully saturated rings. The van der Waals surface area contributed by atoms with Crippen LogP contribution in [-0.2, 0) is 0 Å².